The Morgan fingerprint density at radius 3 is 2.35 bits per heavy atom. The highest BCUT2D eigenvalue weighted by Gasteiger charge is 2.25. The van der Waals surface area contributed by atoms with E-state index in [1.807, 2.05) is 0 Å². The van der Waals surface area contributed by atoms with Gasteiger partial charge in [-0.05, 0) is 41.3 Å². The molecule has 2 aromatic carbocycles. The number of Topliss-reactive ketones (excluding diaryl/α,β-unsaturated/α-hetero) is 1. The maximum atomic E-state index is 13.7. The summed E-state index contributed by atoms with van der Waals surface area (Å²) < 4.78 is 40.2. The number of carboxylic acids is 1. The molecule has 192 valence electrons. The second kappa shape index (κ2) is 9.91. The number of nitrogens with zero attached hydrogens (tertiary/aromatic N) is 3. The van der Waals surface area contributed by atoms with Gasteiger partial charge in [-0.2, -0.15) is 5.10 Å². The minimum absolute atomic E-state index is 0.0163. The number of carbonyl (C=O) groups is 2. The highest BCUT2D eigenvalue weighted by atomic mass is 35.5. The summed E-state index contributed by atoms with van der Waals surface area (Å²) in [6, 6.07) is 11.2. The Hall–Kier alpha value is -3.83. The molecule has 37 heavy (non-hydrogen) atoms. The van der Waals surface area contributed by atoms with Crippen LogP contribution in [-0.4, -0.2) is 45.9 Å². The van der Waals surface area contributed by atoms with E-state index in [2.05, 4.69) is 5.10 Å². The van der Waals surface area contributed by atoms with Gasteiger partial charge in [0.25, 0.3) is 5.56 Å². The van der Waals surface area contributed by atoms with Gasteiger partial charge in [-0.1, -0.05) is 30.7 Å². The first-order valence-corrected chi connectivity index (χ1v) is 13.3. The second-order valence-electron chi connectivity index (χ2n) is 8.39. The number of carbonyl (C=O) groups excluding carboxylic acids is 1. The van der Waals surface area contributed by atoms with Crippen molar-refractivity contribution in [2.24, 2.45) is 0 Å². The molecule has 0 fully saturated rings. The van der Waals surface area contributed by atoms with E-state index in [-0.39, 0.29) is 34.8 Å². The molecule has 0 atom stereocenters. The van der Waals surface area contributed by atoms with Crippen LogP contribution in [0.2, 0.25) is 5.02 Å². The fourth-order valence-electron chi connectivity index (χ4n) is 4.17. The van der Waals surface area contributed by atoms with E-state index in [0.29, 0.717) is 21.5 Å². The molecule has 1 N–H and O–H groups in total. The van der Waals surface area contributed by atoms with Gasteiger partial charge in [-0.15, -0.1) is 0 Å². The number of hydrogen-bond donors (Lipinski definition) is 1. The molecule has 0 unspecified atom stereocenters. The quantitative estimate of drug-likeness (QED) is 0.334. The number of ketones is 1. The van der Waals surface area contributed by atoms with Crippen molar-refractivity contribution >= 4 is 44.0 Å². The van der Waals surface area contributed by atoms with Crippen molar-refractivity contribution in [3.8, 4) is 11.1 Å². The van der Waals surface area contributed by atoms with Crippen molar-refractivity contribution < 1.29 is 27.5 Å². The molecule has 2 heterocycles. The molecular formula is C25H21ClFN3O6S. The number of aliphatic carboxylic acids is 1. The summed E-state index contributed by atoms with van der Waals surface area (Å²) in [6.45, 7) is 0.591. The van der Waals surface area contributed by atoms with Gasteiger partial charge in [0.05, 0.1) is 17.9 Å². The summed E-state index contributed by atoms with van der Waals surface area (Å²) in [7, 11) is -3.85. The molecule has 0 saturated carbocycles. The van der Waals surface area contributed by atoms with Crippen LogP contribution < -0.4 is 5.56 Å². The van der Waals surface area contributed by atoms with Crippen LogP contribution in [0.5, 0.6) is 0 Å². The predicted molar refractivity (Wildman–Crippen MR) is 135 cm³/mol. The Kier molecular flexibility index (Phi) is 7.03. The van der Waals surface area contributed by atoms with Crippen molar-refractivity contribution in [1.82, 2.24) is 14.3 Å². The minimum atomic E-state index is -3.85. The number of rotatable bonds is 8. The summed E-state index contributed by atoms with van der Waals surface area (Å²) in [5.74, 6) is -2.19. The van der Waals surface area contributed by atoms with Gasteiger partial charge in [0.15, 0.2) is 20.6 Å². The second-order valence-corrected chi connectivity index (χ2v) is 10.8. The van der Waals surface area contributed by atoms with Crippen LogP contribution in [0.25, 0.3) is 21.9 Å². The van der Waals surface area contributed by atoms with E-state index in [1.54, 1.807) is 13.0 Å². The zero-order valence-corrected chi connectivity index (χ0v) is 21.3. The molecule has 2 aromatic heterocycles. The topological polar surface area (TPSA) is 128 Å². The molecule has 0 aliphatic carbocycles. The third-order valence-corrected chi connectivity index (χ3v) is 7.05. The fourth-order valence-corrected chi connectivity index (χ4v) is 5.18. The van der Waals surface area contributed by atoms with Crippen LogP contribution >= 0.6 is 11.6 Å². The van der Waals surface area contributed by atoms with Crippen molar-refractivity contribution in [3.05, 3.63) is 81.1 Å². The van der Waals surface area contributed by atoms with E-state index in [4.69, 9.17) is 11.6 Å². The van der Waals surface area contributed by atoms with Crippen molar-refractivity contribution in [2.75, 3.05) is 6.26 Å². The van der Waals surface area contributed by atoms with Gasteiger partial charge in [0.1, 0.15) is 12.4 Å². The average molecular weight is 546 g/mol. The summed E-state index contributed by atoms with van der Waals surface area (Å²) in [4.78, 5) is 38.2. The first-order chi connectivity index (χ1) is 17.4. The van der Waals surface area contributed by atoms with E-state index in [9.17, 15) is 32.3 Å². The Bertz CT molecular complexity index is 1730. The zero-order chi connectivity index (χ0) is 27.1. The molecule has 0 amide bonds. The lowest BCUT2D eigenvalue weighted by atomic mass is 9.94. The fraction of sp³-hybridized carbons (Fsp3) is 0.200. The lowest BCUT2D eigenvalue weighted by Gasteiger charge is -2.19. The van der Waals surface area contributed by atoms with Gasteiger partial charge in [-0.3, -0.25) is 19.0 Å². The third kappa shape index (κ3) is 5.18. The third-order valence-electron chi connectivity index (χ3n) is 5.73. The van der Waals surface area contributed by atoms with E-state index in [0.717, 1.165) is 10.9 Å². The van der Waals surface area contributed by atoms with Crippen LogP contribution in [0.15, 0.2) is 58.4 Å². The van der Waals surface area contributed by atoms with Gasteiger partial charge < -0.3 is 5.11 Å². The number of aromatic nitrogens is 3. The smallest absolute Gasteiger partial charge is 0.325 e. The van der Waals surface area contributed by atoms with Gasteiger partial charge in [0.2, 0.25) is 0 Å². The highest BCUT2D eigenvalue weighted by Crippen LogP contribution is 2.33. The van der Waals surface area contributed by atoms with Crippen LogP contribution in [0.3, 0.4) is 0 Å². The Morgan fingerprint density at radius 2 is 1.76 bits per heavy atom. The molecule has 12 heteroatoms. The number of halogens is 2. The van der Waals surface area contributed by atoms with E-state index >= 15 is 0 Å². The van der Waals surface area contributed by atoms with Crippen LogP contribution in [0.1, 0.15) is 29.5 Å². The molecule has 4 aromatic rings. The number of sulfone groups is 1. The van der Waals surface area contributed by atoms with E-state index < -0.39 is 39.5 Å². The molecular weight excluding hydrogens is 525 g/mol. The predicted octanol–water partition coefficient (Wildman–Crippen LogP) is 3.79. The molecule has 0 saturated heterocycles. The lowest BCUT2D eigenvalue weighted by molar-refractivity contribution is -0.138. The standard InChI is InChI=1S/C25H21ClFN3O6S/c1-3-20(31)24-23(14-4-7-16(27)8-5-14)19-10-15(26)6-9-18(19)25(34)29(24)12-17-11-21(37(2,35)36)30(28-17)13-22(32)33/h4-11H,3,12-13H2,1-2H3,(H,32,33). The van der Waals surface area contributed by atoms with E-state index in [1.165, 1.54) is 47.0 Å². The van der Waals surface area contributed by atoms with Crippen molar-refractivity contribution in [1.29, 1.82) is 0 Å². The van der Waals surface area contributed by atoms with Gasteiger partial charge in [0, 0.05) is 34.7 Å². The molecule has 0 spiro atoms. The lowest BCUT2D eigenvalue weighted by Crippen LogP contribution is -2.28. The number of fused-ring (bicyclic) bond motifs is 1. The minimum Gasteiger partial charge on any atom is -0.480 e. The molecule has 0 bridgehead atoms. The summed E-state index contributed by atoms with van der Waals surface area (Å²) >= 11 is 6.22. The maximum Gasteiger partial charge on any atom is 0.325 e. The molecule has 0 aliphatic rings. The first kappa shape index (κ1) is 26.2. The average Bonchev–Trinajstić information content (AvgIpc) is 3.23. The SMILES string of the molecule is CCC(=O)c1c(-c2ccc(F)cc2)c2cc(Cl)ccc2c(=O)n1Cc1cc(S(C)(=O)=O)n(CC(=O)O)n1. The largest absolute Gasteiger partial charge is 0.480 e. The van der Waals surface area contributed by atoms with Gasteiger partial charge in [-0.25, -0.2) is 17.5 Å². The molecule has 0 radical (unpaired) electrons. The molecule has 9 nitrogen and oxygen atoms in total. The number of carboxylic acid groups (broad SMARTS) is 1. The van der Waals surface area contributed by atoms with Crippen molar-refractivity contribution in [2.45, 2.75) is 31.5 Å². The van der Waals surface area contributed by atoms with Crippen LogP contribution in [-0.2, 0) is 27.7 Å². The summed E-state index contributed by atoms with van der Waals surface area (Å²) in [6.07, 6.45) is 0.943. The van der Waals surface area contributed by atoms with Crippen LogP contribution in [0.4, 0.5) is 4.39 Å². The maximum absolute atomic E-state index is 13.7. The number of pyridine rings is 1. The number of benzene rings is 2. The Balaban J connectivity index is 2.06. The Labute approximate surface area is 215 Å². The first-order valence-electron chi connectivity index (χ1n) is 11.0. The van der Waals surface area contributed by atoms with Gasteiger partial charge >= 0.3 is 5.97 Å². The number of hydrogen-bond acceptors (Lipinski definition) is 6. The normalized spacial score (nSPS) is 11.7. The summed E-state index contributed by atoms with van der Waals surface area (Å²) in [5.41, 5.74) is 0.350. The molecule has 0 aliphatic heterocycles. The Morgan fingerprint density at radius 1 is 1.08 bits per heavy atom. The van der Waals surface area contributed by atoms with Crippen molar-refractivity contribution in [3.63, 3.8) is 0 Å². The monoisotopic (exact) mass is 545 g/mol. The molecule has 4 rings (SSSR count). The summed E-state index contributed by atoms with van der Waals surface area (Å²) in [5, 5.41) is 13.9. The van der Waals surface area contributed by atoms with Crippen LogP contribution in [0, 0.1) is 5.82 Å². The zero-order valence-electron chi connectivity index (χ0n) is 19.7. The highest BCUT2D eigenvalue weighted by molar-refractivity contribution is 7.90.